The molecule has 0 aliphatic rings. The lowest BCUT2D eigenvalue weighted by molar-refractivity contribution is 0.0787. The molecule has 0 spiro atoms. The third-order valence-electron chi connectivity index (χ3n) is 3.77. The van der Waals surface area contributed by atoms with E-state index in [-0.39, 0.29) is 18.5 Å². The van der Waals surface area contributed by atoms with Crippen molar-refractivity contribution in [3.63, 3.8) is 0 Å². The van der Waals surface area contributed by atoms with Gasteiger partial charge in [0.05, 0.1) is 11.6 Å². The number of benzene rings is 2. The molecule has 4 nitrogen and oxygen atoms in total. The number of nitrogens with zero attached hydrogens (tertiary/aromatic N) is 2. The fourth-order valence-electron chi connectivity index (χ4n) is 2.54. The van der Waals surface area contributed by atoms with E-state index in [4.69, 9.17) is 21.3 Å². The lowest BCUT2D eigenvalue weighted by Gasteiger charge is -2.12. The lowest BCUT2D eigenvalue weighted by atomic mass is 10.2. The van der Waals surface area contributed by atoms with Crippen molar-refractivity contribution in [3.05, 3.63) is 53.6 Å². The molecule has 0 fully saturated rings. The number of rotatable bonds is 7. The minimum atomic E-state index is 0. The Bertz CT molecular complexity index is 838. The molecule has 3 rings (SSSR count). The number of ether oxygens (including phenoxy) is 1. The van der Waals surface area contributed by atoms with Crippen molar-refractivity contribution in [2.75, 3.05) is 18.5 Å². The average Bonchev–Trinajstić information content (AvgIpc) is 2.61. The highest BCUT2D eigenvalue weighted by Crippen LogP contribution is 2.25. The van der Waals surface area contributed by atoms with Crippen LogP contribution in [0.25, 0.3) is 22.3 Å². The van der Waals surface area contributed by atoms with Gasteiger partial charge in [0.25, 0.3) is 0 Å². The van der Waals surface area contributed by atoms with Gasteiger partial charge in [-0.2, -0.15) is 0 Å². The van der Waals surface area contributed by atoms with E-state index in [2.05, 4.69) is 10.3 Å². The van der Waals surface area contributed by atoms with Gasteiger partial charge in [0, 0.05) is 29.1 Å². The third-order valence-corrected chi connectivity index (χ3v) is 4.02. The molecule has 1 heterocycles. The van der Waals surface area contributed by atoms with Gasteiger partial charge in [0.1, 0.15) is 5.82 Å². The van der Waals surface area contributed by atoms with Crippen LogP contribution in [0.2, 0.25) is 5.02 Å². The normalized spacial score (nSPS) is 10.8. The largest absolute Gasteiger partial charge is 0.379 e. The molecule has 0 aliphatic carbocycles. The highest BCUT2D eigenvalue weighted by atomic mass is 35.5. The Balaban J connectivity index is 0.00000243. The molecule has 3 aromatic rings. The van der Waals surface area contributed by atoms with Gasteiger partial charge >= 0.3 is 0 Å². The average molecular weight is 392 g/mol. The monoisotopic (exact) mass is 391 g/mol. The maximum absolute atomic E-state index is 5.98. The maximum atomic E-state index is 5.98. The Labute approximate surface area is 165 Å². The first kappa shape index (κ1) is 20.4. The van der Waals surface area contributed by atoms with Crippen molar-refractivity contribution >= 4 is 40.7 Å². The van der Waals surface area contributed by atoms with E-state index in [0.29, 0.717) is 10.8 Å². The van der Waals surface area contributed by atoms with Crippen molar-refractivity contribution in [2.24, 2.45) is 0 Å². The minimum absolute atomic E-state index is 0. The number of anilines is 1. The van der Waals surface area contributed by atoms with E-state index in [1.54, 1.807) is 0 Å². The van der Waals surface area contributed by atoms with Crippen molar-refractivity contribution in [2.45, 2.75) is 26.4 Å². The van der Waals surface area contributed by atoms with Crippen molar-refractivity contribution in [1.82, 2.24) is 9.97 Å². The molecule has 2 aromatic carbocycles. The molecule has 0 aliphatic heterocycles. The summed E-state index contributed by atoms with van der Waals surface area (Å²) in [7, 11) is 0. The summed E-state index contributed by atoms with van der Waals surface area (Å²) in [5.41, 5.74) is 1.87. The number of nitrogens with one attached hydrogen (secondary N) is 1. The Morgan fingerprint density at radius 2 is 1.77 bits per heavy atom. The predicted molar refractivity (Wildman–Crippen MR) is 111 cm³/mol. The van der Waals surface area contributed by atoms with Gasteiger partial charge in [-0.05, 0) is 56.7 Å². The van der Waals surface area contributed by atoms with Crippen LogP contribution in [0.5, 0.6) is 0 Å². The zero-order valence-electron chi connectivity index (χ0n) is 14.9. The molecule has 0 unspecified atom stereocenters. The summed E-state index contributed by atoms with van der Waals surface area (Å²) in [5, 5.41) is 5.15. The smallest absolute Gasteiger partial charge is 0.162 e. The van der Waals surface area contributed by atoms with Crippen LogP contribution < -0.4 is 5.32 Å². The fourth-order valence-corrected chi connectivity index (χ4v) is 2.66. The second-order valence-corrected chi connectivity index (χ2v) is 6.56. The van der Waals surface area contributed by atoms with Crippen LogP contribution in [-0.4, -0.2) is 29.2 Å². The molecule has 0 radical (unpaired) electrons. The number of hydrogen-bond donors (Lipinski definition) is 1. The maximum Gasteiger partial charge on any atom is 0.162 e. The van der Waals surface area contributed by atoms with Crippen molar-refractivity contribution in [1.29, 1.82) is 0 Å². The number of fused-ring (bicyclic) bond motifs is 1. The quantitative estimate of drug-likeness (QED) is 0.532. The lowest BCUT2D eigenvalue weighted by Crippen LogP contribution is -2.10. The molecule has 1 N–H and O–H groups in total. The number of para-hydroxylation sites is 1. The highest BCUT2D eigenvalue weighted by Gasteiger charge is 2.09. The van der Waals surface area contributed by atoms with Crippen molar-refractivity contribution < 1.29 is 4.74 Å². The van der Waals surface area contributed by atoms with Gasteiger partial charge in [-0.25, -0.2) is 9.97 Å². The van der Waals surface area contributed by atoms with E-state index in [9.17, 15) is 0 Å². The highest BCUT2D eigenvalue weighted by molar-refractivity contribution is 6.30. The number of halogens is 2. The first-order valence-electron chi connectivity index (χ1n) is 8.51. The molecule has 0 saturated carbocycles. The molecule has 0 amide bonds. The van der Waals surface area contributed by atoms with Crippen LogP contribution in [0, 0.1) is 0 Å². The van der Waals surface area contributed by atoms with E-state index < -0.39 is 0 Å². The van der Waals surface area contributed by atoms with Gasteiger partial charge < -0.3 is 10.1 Å². The second-order valence-electron chi connectivity index (χ2n) is 6.12. The van der Waals surface area contributed by atoms with E-state index in [1.807, 2.05) is 62.4 Å². The van der Waals surface area contributed by atoms with E-state index in [0.717, 1.165) is 41.9 Å². The van der Waals surface area contributed by atoms with Gasteiger partial charge in [-0.15, -0.1) is 12.4 Å². The summed E-state index contributed by atoms with van der Waals surface area (Å²) in [6.45, 7) is 5.62. The Kier molecular flexibility index (Phi) is 7.64. The van der Waals surface area contributed by atoms with Crippen LogP contribution in [0.15, 0.2) is 48.5 Å². The van der Waals surface area contributed by atoms with Crippen LogP contribution in [0.4, 0.5) is 5.82 Å². The van der Waals surface area contributed by atoms with Crippen LogP contribution >= 0.6 is 24.0 Å². The molecule has 0 bridgehead atoms. The summed E-state index contributed by atoms with van der Waals surface area (Å²) >= 11 is 5.98. The summed E-state index contributed by atoms with van der Waals surface area (Å²) in [4.78, 5) is 9.41. The zero-order valence-corrected chi connectivity index (χ0v) is 16.5. The SMILES string of the molecule is CC(C)OCCCNc1nc(-c2ccc(Cl)cc2)nc2ccccc12.Cl. The molecule has 138 valence electrons. The van der Waals surface area contributed by atoms with E-state index >= 15 is 0 Å². The summed E-state index contributed by atoms with van der Waals surface area (Å²) in [6.07, 6.45) is 1.18. The van der Waals surface area contributed by atoms with Crippen LogP contribution in [-0.2, 0) is 4.74 Å². The van der Waals surface area contributed by atoms with Gasteiger partial charge in [0.15, 0.2) is 5.82 Å². The Morgan fingerprint density at radius 3 is 2.50 bits per heavy atom. The topological polar surface area (TPSA) is 47.0 Å². The Morgan fingerprint density at radius 1 is 1.04 bits per heavy atom. The van der Waals surface area contributed by atoms with Crippen LogP contribution in [0.3, 0.4) is 0 Å². The van der Waals surface area contributed by atoms with Crippen LogP contribution in [0.1, 0.15) is 20.3 Å². The van der Waals surface area contributed by atoms with Gasteiger partial charge in [-0.3, -0.25) is 0 Å². The van der Waals surface area contributed by atoms with E-state index in [1.165, 1.54) is 0 Å². The standard InChI is InChI=1S/C20H22ClN3O.ClH/c1-14(2)25-13-5-12-22-20-17-6-3-4-7-18(17)23-19(24-20)15-8-10-16(21)11-9-15;/h3-4,6-11,14H,5,12-13H2,1-2H3,(H,22,23,24);1H. The predicted octanol–water partition coefficient (Wildman–Crippen LogP) is 5.60. The zero-order chi connectivity index (χ0) is 17.6. The summed E-state index contributed by atoms with van der Waals surface area (Å²) in [6, 6.07) is 15.6. The first-order valence-corrected chi connectivity index (χ1v) is 8.89. The van der Waals surface area contributed by atoms with Gasteiger partial charge in [0.2, 0.25) is 0 Å². The first-order chi connectivity index (χ1) is 12.1. The molecular weight excluding hydrogens is 369 g/mol. The fraction of sp³-hybridized carbons (Fsp3) is 0.300. The molecular formula is C20H23Cl2N3O. The number of aromatic nitrogens is 2. The second kappa shape index (κ2) is 9.72. The van der Waals surface area contributed by atoms with Gasteiger partial charge in [-0.1, -0.05) is 23.7 Å². The Hall–Kier alpha value is -1.88. The molecule has 0 saturated heterocycles. The molecule has 26 heavy (non-hydrogen) atoms. The third kappa shape index (κ3) is 5.31. The van der Waals surface area contributed by atoms with Crippen molar-refractivity contribution in [3.8, 4) is 11.4 Å². The number of hydrogen-bond acceptors (Lipinski definition) is 4. The summed E-state index contributed by atoms with van der Waals surface area (Å²) < 4.78 is 5.59. The molecule has 0 atom stereocenters. The molecule has 6 heteroatoms. The molecule has 1 aromatic heterocycles. The minimum Gasteiger partial charge on any atom is -0.379 e. The summed E-state index contributed by atoms with van der Waals surface area (Å²) in [5.74, 6) is 1.54.